The number of carbonyl (C=O) groups is 1. The van der Waals surface area contributed by atoms with Crippen LogP contribution in [-0.2, 0) is 0 Å². The number of amides is 2. The predicted octanol–water partition coefficient (Wildman–Crippen LogP) is 24.1. The normalized spacial score (nSPS) is 11.9. The first-order valence-electron chi connectivity index (χ1n) is 44.9. The van der Waals surface area contributed by atoms with Gasteiger partial charge in [0.15, 0.2) is 5.89 Å². The molecule has 128 heavy (non-hydrogen) atoms. The number of aliphatic imine (C=N–C) groups is 1. The van der Waals surface area contributed by atoms with Crippen LogP contribution in [0.4, 0.5) is 4.79 Å². The molecule has 0 aromatic carbocycles. The van der Waals surface area contributed by atoms with Crippen LogP contribution in [0, 0.1) is 11.8 Å². The van der Waals surface area contributed by atoms with E-state index in [2.05, 4.69) is 295 Å². The molecular weight excluding hydrogens is 1620 g/mol. The van der Waals surface area contributed by atoms with E-state index in [1.807, 2.05) is 171 Å². The number of rotatable bonds is 16. The highest BCUT2D eigenvalue weighted by atomic mass is 32.1. The molecule has 702 valence electrons. The topological polar surface area (TPSA) is 369 Å². The summed E-state index contributed by atoms with van der Waals surface area (Å²) in [5.74, 6) is 11.6. The molecule has 12 aromatic rings. The molecule has 0 atom stereocenters. The van der Waals surface area contributed by atoms with Gasteiger partial charge in [0.25, 0.3) is 5.56 Å². The van der Waals surface area contributed by atoms with E-state index in [1.165, 1.54) is 46.4 Å². The van der Waals surface area contributed by atoms with Crippen molar-refractivity contribution in [2.45, 2.75) is 311 Å². The number of nitrogens with zero attached hydrogens (tertiary/aromatic N) is 20. The average Bonchev–Trinajstić information content (AvgIpc) is 1.86. The Kier molecular flexibility index (Phi) is 60.4. The maximum Gasteiger partial charge on any atom is 0.317 e. The molecule has 0 saturated carbocycles. The smallest absolute Gasteiger partial charge is 0.317 e. The van der Waals surface area contributed by atoms with E-state index in [4.69, 9.17) is 4.42 Å². The Hall–Kier alpha value is -11.7. The Balaban J connectivity index is 0.000000686. The van der Waals surface area contributed by atoms with Crippen LogP contribution in [0.25, 0.3) is 0 Å². The standard InChI is InChI=1S/C9H15N.2C8H11N.C7H10N2O.C7H10N2.C6H12N2O.6C6H10N2.C6H9NO.C6H9NS.C5H9N3/c1-4-8-5-6-9(10-8)7(2)3;2*1-7(2)8-5-3-4-6-9-8;1-5(2)7-8-4-3-6(10)9-7;1-6(2)7-8-4-3-5-9-7;1-5(2)8-4-3-7-6(8)9;2*1-6(2)8-5-3-4-7-8;2*1-5(2)6-7-3-4-8-6;2*1-5(2)6-3-4-7-8-6;2*1-5(2)6-7-3-4-8-6;1-4(2)5-6-3-7-8-5/h5,7H,4,6H2,1-3H3;2*3-7H,1-2H3;3-5H,1-2H3,(H,8,9,10);3-6H,1-2H3;5H,3-4H2,1-2H3,(H,7,9);2*3-6H,1-2H3;2*3-5H,1-2H3,(H,7,8);4-5H,3H2,1-2H3;3-5H,1-2H3,(H,7,8);2*3-5H,1-2H3;3-4H,1-2H3,(H,6,7,8). The summed E-state index contributed by atoms with van der Waals surface area (Å²) in [6.07, 6.45) is 39.0. The minimum atomic E-state index is -0.0845. The number of allylic oxidation sites excluding steroid dienone is 2. The van der Waals surface area contributed by atoms with Gasteiger partial charge in [-0.15, -0.1) is 11.3 Å². The Labute approximate surface area is 769 Å². The molecule has 0 bridgehead atoms. The second kappa shape index (κ2) is 67.6. The van der Waals surface area contributed by atoms with Gasteiger partial charge in [0.2, 0.25) is 0 Å². The van der Waals surface area contributed by atoms with Crippen molar-refractivity contribution >= 4 is 35.0 Å². The third-order valence-corrected chi connectivity index (χ3v) is 18.8. The Morgan fingerprint density at radius 3 is 1.20 bits per heavy atom. The van der Waals surface area contributed by atoms with Gasteiger partial charge in [-0.1, -0.05) is 191 Å². The van der Waals surface area contributed by atoms with Crippen molar-refractivity contribution in [3.8, 4) is 0 Å². The number of imidazole rings is 2. The van der Waals surface area contributed by atoms with Crippen molar-refractivity contribution in [3.63, 3.8) is 0 Å². The fourth-order valence-electron chi connectivity index (χ4n) is 9.91. The van der Waals surface area contributed by atoms with Crippen molar-refractivity contribution < 1.29 is 9.21 Å². The van der Waals surface area contributed by atoms with Crippen LogP contribution in [0.1, 0.15) is 362 Å². The number of nitrogens with one attached hydrogen (secondary N) is 6. The molecule has 12 aromatic heterocycles. The maximum absolute atomic E-state index is 10.8. The molecule has 15 rings (SSSR count). The molecule has 15 heterocycles. The van der Waals surface area contributed by atoms with Crippen LogP contribution in [0.3, 0.4) is 0 Å². The van der Waals surface area contributed by atoms with Gasteiger partial charge in [-0.3, -0.25) is 39.3 Å². The highest BCUT2D eigenvalue weighted by molar-refractivity contribution is 7.09. The van der Waals surface area contributed by atoms with E-state index >= 15 is 0 Å². The molecule has 6 N–H and O–H groups in total. The number of carbonyl (C=O) groups excluding carboxylic acids is 1. The number of oxazole rings is 1. The van der Waals surface area contributed by atoms with E-state index in [0.717, 1.165) is 78.8 Å². The lowest BCUT2D eigenvalue weighted by Crippen LogP contribution is -2.33. The Morgan fingerprint density at radius 1 is 0.430 bits per heavy atom. The van der Waals surface area contributed by atoms with Crippen LogP contribution in [0.2, 0.25) is 0 Å². The molecule has 2 amide bonds. The Morgan fingerprint density at radius 2 is 0.969 bits per heavy atom. The number of thiazole rings is 1. The van der Waals surface area contributed by atoms with Gasteiger partial charge in [0, 0.05) is 230 Å². The van der Waals surface area contributed by atoms with Gasteiger partial charge in [-0.05, 0) is 126 Å². The minimum Gasteiger partial charge on any atom is -0.449 e. The van der Waals surface area contributed by atoms with Crippen LogP contribution in [-0.4, -0.2) is 152 Å². The first-order valence-corrected chi connectivity index (χ1v) is 45.8. The lowest BCUT2D eigenvalue weighted by atomic mass is 10.1. The molecular formula is C98H156N26O3S. The van der Waals surface area contributed by atoms with Gasteiger partial charge >= 0.3 is 6.03 Å². The molecule has 0 radical (unpaired) electrons. The lowest BCUT2D eigenvalue weighted by molar-refractivity contribution is 0.206. The third-order valence-electron chi connectivity index (χ3n) is 17.8. The quantitative estimate of drug-likeness (QED) is 0.0523. The van der Waals surface area contributed by atoms with E-state index in [1.54, 1.807) is 67.2 Å². The first-order chi connectivity index (χ1) is 60.8. The first kappa shape index (κ1) is 114. The van der Waals surface area contributed by atoms with Crippen molar-refractivity contribution in [2.75, 3.05) is 13.1 Å². The molecule has 0 aliphatic carbocycles. The van der Waals surface area contributed by atoms with E-state index in [-0.39, 0.29) is 17.5 Å². The summed E-state index contributed by atoms with van der Waals surface area (Å²) in [4.78, 5) is 77.2. The van der Waals surface area contributed by atoms with Gasteiger partial charge < -0.3 is 29.6 Å². The monoisotopic (exact) mass is 1780 g/mol. The summed E-state index contributed by atoms with van der Waals surface area (Å²) in [5.41, 5.74) is 7.25. The van der Waals surface area contributed by atoms with Gasteiger partial charge in [0.05, 0.1) is 11.2 Å². The predicted molar refractivity (Wildman–Crippen MR) is 528 cm³/mol. The molecule has 1 saturated heterocycles. The molecule has 3 aliphatic heterocycles. The second-order valence-electron chi connectivity index (χ2n) is 34.0. The summed E-state index contributed by atoms with van der Waals surface area (Å²) in [6, 6.07) is 22.5. The largest absolute Gasteiger partial charge is 0.449 e. The van der Waals surface area contributed by atoms with E-state index in [0.29, 0.717) is 83.2 Å². The number of pyridine rings is 2. The van der Waals surface area contributed by atoms with Crippen LogP contribution >= 0.6 is 11.3 Å². The molecule has 1 fully saturated rings. The van der Waals surface area contributed by atoms with Crippen LogP contribution in [0.5, 0.6) is 0 Å². The molecule has 0 spiro atoms. The molecule has 29 nitrogen and oxygen atoms in total. The van der Waals surface area contributed by atoms with Crippen molar-refractivity contribution in [2.24, 2.45) is 27.0 Å². The molecule has 3 aliphatic rings. The molecule has 30 heteroatoms. The SMILES string of the molecule is CC(C)C1=NN=CC1.CC(C)N1CCNC1=O.CC(C)c1ccccn1.CC(C)c1ccccn1.CC(C)c1ccn[nH]1.CC(C)c1ncc[nH]1.CC(C)c1ncc[nH]1.CC(C)c1nccc(=O)[nH]1.CC(C)c1ncccn1.CC(C)c1ncco1.CC(C)c1nccs1.CC(C)c1ncn[nH]1.CC(C)n1cccn1.CC(C)n1cccn1.CCC1=CCC(C(C)C)=N1. The number of urea groups is 1. The minimum absolute atomic E-state index is 0.0741. The summed E-state index contributed by atoms with van der Waals surface area (Å²) in [6.45, 7) is 66.9. The fraction of sp³-hybridized carbons (Fsp3) is 0.520. The molecule has 0 unspecified atom stereocenters. The van der Waals surface area contributed by atoms with Gasteiger partial charge in [-0.25, -0.2) is 44.7 Å². The average molecular weight is 1780 g/mol. The van der Waals surface area contributed by atoms with Crippen molar-refractivity contribution in [3.05, 3.63) is 263 Å². The lowest BCUT2D eigenvalue weighted by Gasteiger charge is -2.17. The zero-order chi connectivity index (χ0) is 95.9. The van der Waals surface area contributed by atoms with E-state index in [9.17, 15) is 9.59 Å². The highest BCUT2D eigenvalue weighted by Gasteiger charge is 2.21. The summed E-state index contributed by atoms with van der Waals surface area (Å²) >= 11 is 1.72. The fourth-order valence-corrected chi connectivity index (χ4v) is 10.6. The van der Waals surface area contributed by atoms with Crippen LogP contribution in [0.15, 0.2) is 220 Å². The van der Waals surface area contributed by atoms with Crippen molar-refractivity contribution in [1.29, 1.82) is 0 Å². The highest BCUT2D eigenvalue weighted by Crippen LogP contribution is 2.19. The Bertz CT molecular complexity index is 4120. The number of aromatic amines is 5. The number of hydrogen-bond donors (Lipinski definition) is 6. The zero-order valence-corrected chi connectivity index (χ0v) is 83.6. The number of hydrogen-bond acceptors (Lipinski definition) is 21. The maximum atomic E-state index is 10.8. The van der Waals surface area contributed by atoms with Crippen LogP contribution < -0.4 is 10.9 Å². The van der Waals surface area contributed by atoms with Crippen molar-refractivity contribution in [1.82, 2.24) is 115 Å². The number of aromatic nitrogens is 21. The zero-order valence-electron chi connectivity index (χ0n) is 82.7. The summed E-state index contributed by atoms with van der Waals surface area (Å²) in [5, 5.41) is 34.9. The third kappa shape index (κ3) is 53.1. The van der Waals surface area contributed by atoms with Gasteiger partial charge in [0.1, 0.15) is 41.7 Å². The summed E-state index contributed by atoms with van der Waals surface area (Å²) < 4.78 is 8.82. The second-order valence-corrected chi connectivity index (χ2v) is 34.9. The summed E-state index contributed by atoms with van der Waals surface area (Å²) in [7, 11) is 0. The van der Waals surface area contributed by atoms with E-state index < -0.39 is 0 Å². The van der Waals surface area contributed by atoms with Gasteiger partial charge in [-0.2, -0.15) is 30.6 Å². The number of H-pyrrole nitrogens is 5.